The number of hydrogen-bond donors (Lipinski definition) is 1. The van der Waals surface area contributed by atoms with Gasteiger partial charge in [-0.25, -0.2) is 0 Å². The standard InChI is InChI=1S/C22H31N3O2/c1-18(2)27-14-6-11-24-17-21(16-23)22(26)25-12-9-20(10-13-25)15-19-7-4-3-5-8-19/h3-5,7-8,17-18,20,24H,6,9-15H2,1-2H3/b21-17-. The van der Waals surface area contributed by atoms with Crippen molar-refractivity contribution in [2.24, 2.45) is 5.92 Å². The van der Waals surface area contributed by atoms with E-state index in [0.717, 1.165) is 38.8 Å². The van der Waals surface area contributed by atoms with E-state index in [2.05, 4.69) is 29.6 Å². The van der Waals surface area contributed by atoms with Gasteiger partial charge in [0.1, 0.15) is 11.6 Å². The number of likely N-dealkylation sites (tertiary alicyclic amines) is 1. The molecule has 5 nitrogen and oxygen atoms in total. The SMILES string of the molecule is CC(C)OCCCN/C=C(/C#N)C(=O)N1CCC(Cc2ccccc2)CC1. The van der Waals surface area contributed by atoms with Crippen LogP contribution in [0.25, 0.3) is 0 Å². The quantitative estimate of drug-likeness (QED) is 0.412. The lowest BCUT2D eigenvalue weighted by atomic mass is 9.90. The molecule has 1 aliphatic rings. The first-order valence-electron chi connectivity index (χ1n) is 9.88. The minimum absolute atomic E-state index is 0.165. The summed E-state index contributed by atoms with van der Waals surface area (Å²) >= 11 is 0. The number of carbonyl (C=O) groups excluding carboxylic acids is 1. The molecule has 0 spiro atoms. The molecule has 27 heavy (non-hydrogen) atoms. The summed E-state index contributed by atoms with van der Waals surface area (Å²) in [5.74, 6) is 0.437. The van der Waals surface area contributed by atoms with Crippen LogP contribution in [0.4, 0.5) is 0 Å². The molecule has 1 N–H and O–H groups in total. The maximum atomic E-state index is 12.6. The van der Waals surface area contributed by atoms with Crippen molar-refractivity contribution in [2.45, 2.75) is 45.6 Å². The summed E-state index contributed by atoms with van der Waals surface area (Å²) in [5, 5.41) is 12.4. The molecule has 1 fully saturated rings. The number of amides is 1. The average Bonchev–Trinajstić information content (AvgIpc) is 2.68. The Bertz CT molecular complexity index is 641. The molecular weight excluding hydrogens is 338 g/mol. The van der Waals surface area contributed by atoms with Gasteiger partial charge in [0.05, 0.1) is 6.10 Å². The highest BCUT2D eigenvalue weighted by Gasteiger charge is 2.25. The van der Waals surface area contributed by atoms with Crippen molar-refractivity contribution in [1.82, 2.24) is 10.2 Å². The van der Waals surface area contributed by atoms with Gasteiger partial charge < -0.3 is 15.0 Å². The van der Waals surface area contributed by atoms with Crippen molar-refractivity contribution < 1.29 is 9.53 Å². The summed E-state index contributed by atoms with van der Waals surface area (Å²) in [6.07, 6.45) is 5.64. The molecule has 1 aromatic carbocycles. The van der Waals surface area contributed by atoms with Gasteiger partial charge in [0.2, 0.25) is 0 Å². The average molecular weight is 370 g/mol. The van der Waals surface area contributed by atoms with Crippen LogP contribution in [0.3, 0.4) is 0 Å². The van der Waals surface area contributed by atoms with E-state index in [9.17, 15) is 10.1 Å². The molecule has 0 bridgehead atoms. The Morgan fingerprint density at radius 3 is 2.67 bits per heavy atom. The van der Waals surface area contributed by atoms with Crippen molar-refractivity contribution in [2.75, 3.05) is 26.2 Å². The van der Waals surface area contributed by atoms with Crippen molar-refractivity contribution in [3.05, 3.63) is 47.7 Å². The number of nitriles is 1. The van der Waals surface area contributed by atoms with Crippen LogP contribution in [-0.4, -0.2) is 43.2 Å². The Balaban J connectivity index is 1.74. The normalized spacial score (nSPS) is 15.6. The molecule has 1 saturated heterocycles. The number of ether oxygens (including phenoxy) is 1. The molecule has 146 valence electrons. The van der Waals surface area contributed by atoms with Gasteiger partial charge in [0.25, 0.3) is 5.91 Å². The fourth-order valence-electron chi connectivity index (χ4n) is 3.27. The van der Waals surface area contributed by atoms with E-state index in [1.165, 1.54) is 5.56 Å². The lowest BCUT2D eigenvalue weighted by Gasteiger charge is -2.32. The molecule has 0 aromatic heterocycles. The smallest absolute Gasteiger partial charge is 0.265 e. The van der Waals surface area contributed by atoms with Crippen LogP contribution in [0, 0.1) is 17.2 Å². The third-order valence-electron chi connectivity index (χ3n) is 4.78. The molecule has 1 aliphatic heterocycles. The second kappa shape index (κ2) is 11.4. The van der Waals surface area contributed by atoms with Crippen LogP contribution in [0.1, 0.15) is 38.7 Å². The molecular formula is C22H31N3O2. The third kappa shape index (κ3) is 7.44. The molecule has 0 saturated carbocycles. The lowest BCUT2D eigenvalue weighted by Crippen LogP contribution is -2.39. The zero-order valence-electron chi connectivity index (χ0n) is 16.5. The Kier molecular flexibility index (Phi) is 8.86. The first-order chi connectivity index (χ1) is 13.1. The molecule has 0 radical (unpaired) electrons. The summed E-state index contributed by atoms with van der Waals surface area (Å²) in [5.41, 5.74) is 1.53. The largest absolute Gasteiger partial charge is 0.390 e. The van der Waals surface area contributed by atoms with Crippen LogP contribution in [0.2, 0.25) is 0 Å². The van der Waals surface area contributed by atoms with Crippen molar-refractivity contribution >= 4 is 5.91 Å². The minimum atomic E-state index is -0.165. The van der Waals surface area contributed by atoms with Crippen LogP contribution in [0.15, 0.2) is 42.1 Å². The second-order valence-electron chi connectivity index (χ2n) is 7.32. The minimum Gasteiger partial charge on any atom is -0.390 e. The first-order valence-corrected chi connectivity index (χ1v) is 9.88. The Labute approximate surface area is 163 Å². The summed E-state index contributed by atoms with van der Waals surface area (Å²) in [6.45, 7) is 6.80. The van der Waals surface area contributed by atoms with Crippen molar-refractivity contribution in [1.29, 1.82) is 5.26 Å². The highest BCUT2D eigenvalue weighted by Crippen LogP contribution is 2.22. The van der Waals surface area contributed by atoms with E-state index in [1.807, 2.05) is 26.0 Å². The highest BCUT2D eigenvalue weighted by atomic mass is 16.5. The number of nitrogens with one attached hydrogen (secondary N) is 1. The van der Waals surface area contributed by atoms with Gasteiger partial charge in [-0.2, -0.15) is 5.26 Å². The summed E-state index contributed by atoms with van der Waals surface area (Å²) in [7, 11) is 0. The maximum Gasteiger partial charge on any atom is 0.265 e. The molecule has 2 rings (SSSR count). The van der Waals surface area contributed by atoms with E-state index >= 15 is 0 Å². The predicted molar refractivity (Wildman–Crippen MR) is 107 cm³/mol. The van der Waals surface area contributed by atoms with Gasteiger partial charge >= 0.3 is 0 Å². The van der Waals surface area contributed by atoms with Crippen molar-refractivity contribution in [3.8, 4) is 6.07 Å². The van der Waals surface area contributed by atoms with Crippen molar-refractivity contribution in [3.63, 3.8) is 0 Å². The van der Waals surface area contributed by atoms with Gasteiger partial charge in [-0.15, -0.1) is 0 Å². The summed E-state index contributed by atoms with van der Waals surface area (Å²) in [4.78, 5) is 14.4. The Morgan fingerprint density at radius 1 is 1.33 bits per heavy atom. The molecule has 0 atom stereocenters. The first kappa shape index (κ1) is 21.0. The summed E-state index contributed by atoms with van der Waals surface area (Å²) in [6, 6.07) is 12.5. The zero-order valence-corrected chi connectivity index (χ0v) is 16.5. The Hall–Kier alpha value is -2.32. The number of carbonyl (C=O) groups is 1. The molecule has 0 aliphatic carbocycles. The fourth-order valence-corrected chi connectivity index (χ4v) is 3.27. The monoisotopic (exact) mass is 369 g/mol. The third-order valence-corrected chi connectivity index (χ3v) is 4.78. The van der Waals surface area contributed by atoms with Crippen LogP contribution < -0.4 is 5.32 Å². The maximum absolute atomic E-state index is 12.6. The van der Waals surface area contributed by atoms with Gasteiger partial charge in [-0.05, 0) is 51.0 Å². The number of benzene rings is 1. The van der Waals surface area contributed by atoms with E-state index < -0.39 is 0 Å². The summed E-state index contributed by atoms with van der Waals surface area (Å²) < 4.78 is 5.47. The van der Waals surface area contributed by atoms with Crippen LogP contribution >= 0.6 is 0 Å². The second-order valence-corrected chi connectivity index (χ2v) is 7.32. The van der Waals surface area contributed by atoms with E-state index in [-0.39, 0.29) is 17.6 Å². The highest BCUT2D eigenvalue weighted by molar-refractivity contribution is 5.97. The zero-order chi connectivity index (χ0) is 19.5. The van der Waals surface area contributed by atoms with Crippen LogP contribution in [-0.2, 0) is 16.0 Å². The molecule has 1 aromatic rings. The number of rotatable bonds is 9. The molecule has 1 amide bonds. The number of nitrogens with zero attached hydrogens (tertiary/aromatic N) is 2. The number of hydrogen-bond acceptors (Lipinski definition) is 4. The van der Waals surface area contributed by atoms with Gasteiger partial charge in [0, 0.05) is 32.4 Å². The topological polar surface area (TPSA) is 65.4 Å². The van der Waals surface area contributed by atoms with Gasteiger partial charge in [0.15, 0.2) is 0 Å². The van der Waals surface area contributed by atoms with E-state index in [0.29, 0.717) is 19.1 Å². The van der Waals surface area contributed by atoms with E-state index in [4.69, 9.17) is 4.74 Å². The van der Waals surface area contributed by atoms with Gasteiger partial charge in [-0.1, -0.05) is 30.3 Å². The van der Waals surface area contributed by atoms with Crippen LogP contribution in [0.5, 0.6) is 0 Å². The Morgan fingerprint density at radius 2 is 2.04 bits per heavy atom. The predicted octanol–water partition coefficient (Wildman–Crippen LogP) is 3.28. The molecule has 1 heterocycles. The molecule has 0 unspecified atom stereocenters. The molecule has 5 heteroatoms. The van der Waals surface area contributed by atoms with Gasteiger partial charge in [-0.3, -0.25) is 4.79 Å². The van der Waals surface area contributed by atoms with E-state index in [1.54, 1.807) is 11.1 Å². The lowest BCUT2D eigenvalue weighted by molar-refractivity contribution is -0.128. The fraction of sp³-hybridized carbons (Fsp3) is 0.545. The number of piperidine rings is 1.